The highest BCUT2D eigenvalue weighted by Gasteiger charge is 2.23. The van der Waals surface area contributed by atoms with E-state index in [0.29, 0.717) is 11.5 Å². The van der Waals surface area contributed by atoms with Crippen molar-refractivity contribution >= 4 is 0 Å². The average Bonchev–Trinajstić information content (AvgIpc) is 3.18. The van der Waals surface area contributed by atoms with E-state index in [9.17, 15) is 0 Å². The Labute approximate surface area is 102 Å². The zero-order valence-electron chi connectivity index (χ0n) is 10.7. The molecule has 1 fully saturated rings. The van der Waals surface area contributed by atoms with E-state index in [0.717, 1.165) is 18.7 Å². The van der Waals surface area contributed by atoms with Crippen LogP contribution in [0.1, 0.15) is 5.56 Å². The first-order valence-corrected chi connectivity index (χ1v) is 5.91. The van der Waals surface area contributed by atoms with Crippen LogP contribution in [0.15, 0.2) is 12.1 Å². The molecule has 0 unspecified atom stereocenters. The van der Waals surface area contributed by atoms with Gasteiger partial charge in [-0.1, -0.05) is 6.07 Å². The maximum Gasteiger partial charge on any atom is 0.203 e. The van der Waals surface area contributed by atoms with Gasteiger partial charge in [-0.15, -0.1) is 0 Å². The van der Waals surface area contributed by atoms with Crippen molar-refractivity contribution < 1.29 is 19.1 Å². The second-order valence-corrected chi connectivity index (χ2v) is 4.24. The van der Waals surface area contributed by atoms with E-state index in [1.807, 2.05) is 6.07 Å². The van der Waals surface area contributed by atoms with Gasteiger partial charge in [-0.2, -0.15) is 0 Å². The van der Waals surface area contributed by atoms with Gasteiger partial charge in [0.2, 0.25) is 5.75 Å². The van der Waals surface area contributed by atoms with Crippen LogP contribution in [0.4, 0.5) is 0 Å². The van der Waals surface area contributed by atoms with Crippen LogP contribution in [-0.2, 0) is 6.42 Å². The van der Waals surface area contributed by atoms with Crippen LogP contribution in [-0.4, -0.2) is 41.0 Å². The van der Waals surface area contributed by atoms with Crippen molar-refractivity contribution in [3.05, 3.63) is 17.7 Å². The van der Waals surface area contributed by atoms with Crippen LogP contribution < -0.4 is 19.1 Å². The van der Waals surface area contributed by atoms with Gasteiger partial charge in [0.15, 0.2) is 11.5 Å². The van der Waals surface area contributed by atoms with Crippen molar-refractivity contribution in [1.29, 1.82) is 0 Å². The lowest BCUT2D eigenvalue weighted by molar-refractivity contribution is -0.758. The highest BCUT2D eigenvalue weighted by Crippen LogP contribution is 2.39. The van der Waals surface area contributed by atoms with E-state index >= 15 is 0 Å². The van der Waals surface area contributed by atoms with Crippen molar-refractivity contribution in [1.82, 2.24) is 0 Å². The summed E-state index contributed by atoms with van der Waals surface area (Å²) in [5, 5.41) is 0. The van der Waals surface area contributed by atoms with Gasteiger partial charge in [0.1, 0.15) is 13.1 Å². The third kappa shape index (κ3) is 2.64. The fraction of sp³-hybridized carbons (Fsp3) is 0.538. The number of nitrogens with one attached hydrogen (secondary N) is 1. The first kappa shape index (κ1) is 12.0. The van der Waals surface area contributed by atoms with Crippen molar-refractivity contribution in [3.63, 3.8) is 0 Å². The van der Waals surface area contributed by atoms with Crippen LogP contribution >= 0.6 is 0 Å². The topological polar surface area (TPSA) is 32.1 Å². The molecule has 1 aromatic carbocycles. The molecule has 1 aliphatic rings. The van der Waals surface area contributed by atoms with Gasteiger partial charge < -0.3 is 19.1 Å². The van der Waals surface area contributed by atoms with Gasteiger partial charge in [-0.05, 0) is 6.07 Å². The summed E-state index contributed by atoms with van der Waals surface area (Å²) in [6.45, 7) is 3.76. The number of hydrogen-bond donors (Lipinski definition) is 1. The van der Waals surface area contributed by atoms with E-state index in [1.54, 1.807) is 26.2 Å². The molecule has 0 amide bonds. The fourth-order valence-corrected chi connectivity index (χ4v) is 2.01. The number of hydrogen-bond acceptors (Lipinski definition) is 3. The molecule has 0 aromatic heterocycles. The lowest BCUT2D eigenvalue weighted by Gasteiger charge is -2.15. The molecule has 0 radical (unpaired) electrons. The normalized spacial score (nSPS) is 14.5. The molecule has 4 nitrogen and oxygen atoms in total. The smallest absolute Gasteiger partial charge is 0.203 e. The number of rotatable bonds is 6. The molecular formula is C13H20NO3+. The van der Waals surface area contributed by atoms with Gasteiger partial charge in [-0.3, -0.25) is 0 Å². The quantitative estimate of drug-likeness (QED) is 0.716. The Balaban J connectivity index is 2.23. The first-order chi connectivity index (χ1) is 8.30. The summed E-state index contributed by atoms with van der Waals surface area (Å²) < 4.78 is 16.1. The molecule has 0 saturated carbocycles. The third-order valence-electron chi connectivity index (χ3n) is 3.14. The van der Waals surface area contributed by atoms with Gasteiger partial charge >= 0.3 is 0 Å². The minimum atomic E-state index is 0.688. The van der Waals surface area contributed by atoms with Crippen LogP contribution in [0.3, 0.4) is 0 Å². The summed E-state index contributed by atoms with van der Waals surface area (Å²) in [6, 6.07) is 4.00. The second kappa shape index (κ2) is 5.27. The molecule has 0 aliphatic carbocycles. The number of quaternary nitrogens is 1. The Morgan fingerprint density at radius 3 is 2.24 bits per heavy atom. The van der Waals surface area contributed by atoms with Crippen LogP contribution in [0.5, 0.6) is 17.2 Å². The van der Waals surface area contributed by atoms with Gasteiger partial charge in [0.25, 0.3) is 0 Å². The first-order valence-electron chi connectivity index (χ1n) is 5.91. The Morgan fingerprint density at radius 2 is 1.71 bits per heavy atom. The summed E-state index contributed by atoms with van der Waals surface area (Å²) in [7, 11) is 4.95. The molecule has 1 saturated heterocycles. The second-order valence-electron chi connectivity index (χ2n) is 4.24. The Morgan fingerprint density at radius 1 is 1.00 bits per heavy atom. The van der Waals surface area contributed by atoms with Crippen molar-refractivity contribution in [2.24, 2.45) is 0 Å². The molecule has 94 valence electrons. The number of benzene rings is 1. The molecule has 1 N–H and O–H groups in total. The van der Waals surface area contributed by atoms with Crippen molar-refractivity contribution in [3.8, 4) is 17.2 Å². The predicted octanol–water partition coefficient (Wildman–Crippen LogP) is 0.153. The summed E-state index contributed by atoms with van der Waals surface area (Å²) >= 11 is 0. The van der Waals surface area contributed by atoms with E-state index in [4.69, 9.17) is 14.2 Å². The maximum atomic E-state index is 5.45. The number of ether oxygens (including phenoxy) is 3. The Bertz CT molecular complexity index is 388. The summed E-state index contributed by atoms with van der Waals surface area (Å²) in [4.78, 5) is 1.65. The van der Waals surface area contributed by atoms with Gasteiger partial charge in [0.05, 0.1) is 27.9 Å². The molecular weight excluding hydrogens is 218 g/mol. The summed E-state index contributed by atoms with van der Waals surface area (Å²) in [5.41, 5.74) is 1.18. The minimum Gasteiger partial charge on any atom is -0.493 e. The third-order valence-corrected chi connectivity index (χ3v) is 3.14. The minimum absolute atomic E-state index is 0.688. The molecule has 17 heavy (non-hydrogen) atoms. The fourth-order valence-electron chi connectivity index (χ4n) is 2.01. The highest BCUT2D eigenvalue weighted by molar-refractivity contribution is 5.55. The average molecular weight is 238 g/mol. The zero-order valence-corrected chi connectivity index (χ0v) is 10.7. The standard InChI is InChI=1S/C13H19NO3/c1-15-11-5-4-10(6-7-14-8-9-14)12(16-2)13(11)17-3/h4-5H,6-9H2,1-3H3/p+1. The predicted molar refractivity (Wildman–Crippen MR) is 65.4 cm³/mol. The molecule has 0 atom stereocenters. The van der Waals surface area contributed by atoms with E-state index < -0.39 is 0 Å². The highest BCUT2D eigenvalue weighted by atomic mass is 16.5. The van der Waals surface area contributed by atoms with Crippen molar-refractivity contribution in [2.75, 3.05) is 41.0 Å². The number of methoxy groups -OCH3 is 3. The van der Waals surface area contributed by atoms with Gasteiger partial charge in [-0.25, -0.2) is 0 Å². The molecule has 1 heterocycles. The van der Waals surface area contributed by atoms with Crippen LogP contribution in [0.25, 0.3) is 0 Å². The van der Waals surface area contributed by atoms with Crippen LogP contribution in [0.2, 0.25) is 0 Å². The van der Waals surface area contributed by atoms with Crippen LogP contribution in [0, 0.1) is 0 Å². The molecule has 4 heteroatoms. The largest absolute Gasteiger partial charge is 0.493 e. The van der Waals surface area contributed by atoms with Crippen molar-refractivity contribution in [2.45, 2.75) is 6.42 Å². The van der Waals surface area contributed by atoms with E-state index in [-0.39, 0.29) is 0 Å². The molecule has 0 spiro atoms. The van der Waals surface area contributed by atoms with E-state index in [2.05, 4.69) is 6.07 Å². The lowest BCUT2D eigenvalue weighted by Crippen LogP contribution is -2.92. The Kier molecular flexibility index (Phi) is 3.74. The van der Waals surface area contributed by atoms with Gasteiger partial charge in [0, 0.05) is 12.0 Å². The zero-order chi connectivity index (χ0) is 12.3. The summed E-state index contributed by atoms with van der Waals surface area (Å²) in [5.74, 6) is 2.20. The molecule has 1 aliphatic heterocycles. The molecule has 0 bridgehead atoms. The van der Waals surface area contributed by atoms with E-state index in [1.165, 1.54) is 18.7 Å². The SMILES string of the molecule is COc1ccc(CC[NH+]2CC2)c(OC)c1OC. The maximum absolute atomic E-state index is 5.45. The summed E-state index contributed by atoms with van der Waals surface area (Å²) in [6.07, 6.45) is 1.01. The monoisotopic (exact) mass is 238 g/mol. The Hall–Kier alpha value is -1.42. The molecule has 2 rings (SSSR count). The lowest BCUT2D eigenvalue weighted by atomic mass is 10.1. The molecule has 1 aromatic rings.